The molecule has 0 aliphatic heterocycles. The molecule has 0 radical (unpaired) electrons. The minimum Gasteiger partial charge on any atom is -0.497 e. The fourth-order valence-electron chi connectivity index (χ4n) is 2.93. The van der Waals surface area contributed by atoms with Crippen LogP contribution in [0.3, 0.4) is 0 Å². The second kappa shape index (κ2) is 11.3. The summed E-state index contributed by atoms with van der Waals surface area (Å²) in [6.07, 6.45) is -0.396. The number of rotatable bonds is 11. The molecule has 0 aliphatic rings. The van der Waals surface area contributed by atoms with Gasteiger partial charge in [0.1, 0.15) is 11.7 Å². The zero-order chi connectivity index (χ0) is 22.0. The van der Waals surface area contributed by atoms with E-state index in [-0.39, 0.29) is 12.5 Å². The third-order valence-electron chi connectivity index (χ3n) is 4.36. The SMILES string of the molecule is CCOC(=O)C(c1ccc(OC)cc1)C(CCO)(NC(=O)NCC(C)C)C(=O)O. The number of esters is 1. The standard InChI is InChI=1S/C20H30N2O7/c1-5-29-17(24)16(14-6-8-15(28-4)9-7-14)20(10-11-23,18(25)26)22-19(27)21-12-13(2)3/h6-9,13,16,23H,5,10-12H2,1-4H3,(H,25,26)(H2,21,22,27). The first kappa shape index (κ1) is 24.2. The number of hydrogen-bond acceptors (Lipinski definition) is 6. The molecule has 9 nitrogen and oxygen atoms in total. The lowest BCUT2D eigenvalue weighted by Gasteiger charge is -2.36. The molecule has 1 rings (SSSR count). The summed E-state index contributed by atoms with van der Waals surface area (Å²) >= 11 is 0. The van der Waals surface area contributed by atoms with Crippen LogP contribution in [0.15, 0.2) is 24.3 Å². The summed E-state index contributed by atoms with van der Waals surface area (Å²) in [4.78, 5) is 37.6. The molecule has 2 unspecified atom stereocenters. The number of hydrogen-bond donors (Lipinski definition) is 4. The average Bonchev–Trinajstić information content (AvgIpc) is 2.67. The lowest BCUT2D eigenvalue weighted by molar-refractivity contribution is -0.157. The molecule has 0 saturated carbocycles. The molecule has 1 aromatic rings. The predicted octanol–water partition coefficient (Wildman–Crippen LogP) is 1.50. The smallest absolute Gasteiger partial charge is 0.330 e. The van der Waals surface area contributed by atoms with E-state index < -0.39 is 42.5 Å². The molecule has 1 aromatic carbocycles. The Hall–Kier alpha value is -2.81. The molecule has 162 valence electrons. The van der Waals surface area contributed by atoms with Gasteiger partial charge in [-0.05, 0) is 30.5 Å². The van der Waals surface area contributed by atoms with Crippen LogP contribution in [0.1, 0.15) is 38.7 Å². The Kier molecular flexibility index (Phi) is 9.40. The maximum Gasteiger partial charge on any atom is 0.330 e. The van der Waals surface area contributed by atoms with Crippen LogP contribution < -0.4 is 15.4 Å². The van der Waals surface area contributed by atoms with Crippen LogP contribution in [-0.2, 0) is 14.3 Å². The van der Waals surface area contributed by atoms with Crippen LogP contribution in [0.2, 0.25) is 0 Å². The van der Waals surface area contributed by atoms with E-state index >= 15 is 0 Å². The highest BCUT2D eigenvalue weighted by Crippen LogP contribution is 2.34. The van der Waals surface area contributed by atoms with Crippen molar-refractivity contribution in [1.82, 2.24) is 10.6 Å². The lowest BCUT2D eigenvalue weighted by atomic mass is 9.76. The molecule has 29 heavy (non-hydrogen) atoms. The molecule has 0 saturated heterocycles. The molecule has 0 spiro atoms. The number of carbonyl (C=O) groups excluding carboxylic acids is 2. The number of carbonyl (C=O) groups is 3. The number of nitrogens with one attached hydrogen (secondary N) is 2. The molecule has 0 bridgehead atoms. The Morgan fingerprint density at radius 1 is 1.17 bits per heavy atom. The van der Waals surface area contributed by atoms with Gasteiger partial charge >= 0.3 is 18.0 Å². The van der Waals surface area contributed by atoms with E-state index in [2.05, 4.69) is 10.6 Å². The Morgan fingerprint density at radius 2 is 1.79 bits per heavy atom. The second-order valence-electron chi connectivity index (χ2n) is 6.94. The van der Waals surface area contributed by atoms with Gasteiger partial charge in [-0.25, -0.2) is 9.59 Å². The Morgan fingerprint density at radius 3 is 2.24 bits per heavy atom. The zero-order valence-corrected chi connectivity index (χ0v) is 17.2. The summed E-state index contributed by atoms with van der Waals surface area (Å²) < 4.78 is 10.2. The largest absolute Gasteiger partial charge is 0.497 e. The average molecular weight is 410 g/mol. The number of aliphatic hydroxyl groups excluding tert-OH is 1. The Labute approximate surface area is 170 Å². The van der Waals surface area contributed by atoms with Crippen molar-refractivity contribution in [2.24, 2.45) is 5.92 Å². The first-order valence-electron chi connectivity index (χ1n) is 9.42. The van der Waals surface area contributed by atoms with Gasteiger partial charge in [-0.2, -0.15) is 0 Å². The topological polar surface area (TPSA) is 134 Å². The third kappa shape index (κ3) is 6.35. The van der Waals surface area contributed by atoms with E-state index in [1.165, 1.54) is 19.2 Å². The molecule has 0 fully saturated rings. The molecule has 4 N–H and O–H groups in total. The van der Waals surface area contributed by atoms with Gasteiger partial charge in [0.05, 0.1) is 13.7 Å². The van der Waals surface area contributed by atoms with E-state index in [0.717, 1.165) is 0 Å². The van der Waals surface area contributed by atoms with Crippen molar-refractivity contribution in [2.75, 3.05) is 26.9 Å². The van der Waals surface area contributed by atoms with Crippen molar-refractivity contribution in [1.29, 1.82) is 0 Å². The minimum absolute atomic E-state index is 0.0276. The quantitative estimate of drug-likeness (QED) is 0.406. The van der Waals surface area contributed by atoms with Crippen LogP contribution in [0.4, 0.5) is 4.79 Å². The van der Waals surface area contributed by atoms with Gasteiger partial charge in [0, 0.05) is 19.6 Å². The first-order valence-corrected chi connectivity index (χ1v) is 9.42. The molecule has 2 amide bonds. The number of carboxylic acid groups (broad SMARTS) is 1. The van der Waals surface area contributed by atoms with Crippen molar-refractivity contribution in [3.8, 4) is 5.75 Å². The van der Waals surface area contributed by atoms with E-state index in [0.29, 0.717) is 17.9 Å². The summed E-state index contributed by atoms with van der Waals surface area (Å²) in [5, 5.41) is 24.6. The number of amides is 2. The fourth-order valence-corrected chi connectivity index (χ4v) is 2.93. The van der Waals surface area contributed by atoms with Gasteiger partial charge in [0.2, 0.25) is 0 Å². The van der Waals surface area contributed by atoms with Gasteiger partial charge in [-0.1, -0.05) is 26.0 Å². The van der Waals surface area contributed by atoms with Gasteiger partial charge in [-0.3, -0.25) is 4.79 Å². The number of aliphatic carboxylic acids is 1. The van der Waals surface area contributed by atoms with E-state index in [1.807, 2.05) is 13.8 Å². The summed E-state index contributed by atoms with van der Waals surface area (Å²) in [5.74, 6) is -3.01. The monoisotopic (exact) mass is 410 g/mol. The molecule has 0 heterocycles. The second-order valence-corrected chi connectivity index (χ2v) is 6.94. The highest BCUT2D eigenvalue weighted by Gasteiger charge is 2.52. The lowest BCUT2D eigenvalue weighted by Crippen LogP contribution is -2.63. The first-order chi connectivity index (χ1) is 13.7. The van der Waals surface area contributed by atoms with Gasteiger partial charge < -0.3 is 30.3 Å². The molecular formula is C20H30N2O7. The van der Waals surface area contributed by atoms with Crippen LogP contribution in [0, 0.1) is 5.92 Å². The molecule has 0 aromatic heterocycles. The Balaban J connectivity index is 3.45. The maximum atomic E-state index is 12.8. The highest BCUT2D eigenvalue weighted by atomic mass is 16.5. The van der Waals surface area contributed by atoms with Crippen molar-refractivity contribution < 1.29 is 34.1 Å². The fraction of sp³-hybridized carbons (Fsp3) is 0.550. The van der Waals surface area contributed by atoms with E-state index in [4.69, 9.17) is 9.47 Å². The van der Waals surface area contributed by atoms with Gasteiger partial charge in [0.25, 0.3) is 0 Å². The summed E-state index contributed by atoms with van der Waals surface area (Å²) in [6, 6.07) is 5.46. The molecule has 0 aliphatic carbocycles. The number of methoxy groups -OCH3 is 1. The normalized spacial score (nSPS) is 13.9. The van der Waals surface area contributed by atoms with Crippen molar-refractivity contribution in [3.05, 3.63) is 29.8 Å². The minimum atomic E-state index is -2.11. The number of benzene rings is 1. The summed E-state index contributed by atoms with van der Waals surface area (Å²) in [6.45, 7) is 5.14. The highest BCUT2D eigenvalue weighted by molar-refractivity contribution is 5.95. The van der Waals surface area contributed by atoms with E-state index in [1.54, 1.807) is 19.1 Å². The van der Waals surface area contributed by atoms with Crippen LogP contribution in [0.25, 0.3) is 0 Å². The van der Waals surface area contributed by atoms with Gasteiger partial charge in [-0.15, -0.1) is 0 Å². The zero-order valence-electron chi connectivity index (χ0n) is 17.2. The predicted molar refractivity (Wildman–Crippen MR) is 106 cm³/mol. The van der Waals surface area contributed by atoms with Crippen molar-refractivity contribution in [3.63, 3.8) is 0 Å². The number of urea groups is 1. The van der Waals surface area contributed by atoms with Gasteiger partial charge in [0.15, 0.2) is 5.54 Å². The molecule has 9 heteroatoms. The van der Waals surface area contributed by atoms with Crippen molar-refractivity contribution in [2.45, 2.75) is 38.6 Å². The van der Waals surface area contributed by atoms with Crippen molar-refractivity contribution >= 4 is 18.0 Å². The number of carboxylic acids is 1. The number of aliphatic hydroxyl groups is 1. The third-order valence-corrected chi connectivity index (χ3v) is 4.36. The maximum absolute atomic E-state index is 12.8. The van der Waals surface area contributed by atoms with Crippen LogP contribution >= 0.6 is 0 Å². The molecular weight excluding hydrogens is 380 g/mol. The molecule has 2 atom stereocenters. The Bertz CT molecular complexity index is 691. The number of ether oxygens (including phenoxy) is 2. The van der Waals surface area contributed by atoms with Crippen LogP contribution in [0.5, 0.6) is 5.75 Å². The van der Waals surface area contributed by atoms with E-state index in [9.17, 15) is 24.6 Å². The van der Waals surface area contributed by atoms with Crippen LogP contribution in [-0.4, -0.2) is 60.6 Å². The summed E-state index contributed by atoms with van der Waals surface area (Å²) in [7, 11) is 1.48. The summed E-state index contributed by atoms with van der Waals surface area (Å²) in [5.41, 5.74) is -1.80.